The Hall–Kier alpha value is -2.99. The Kier molecular flexibility index (Phi) is 10.7. The van der Waals surface area contributed by atoms with E-state index in [2.05, 4.69) is 6.92 Å². The summed E-state index contributed by atoms with van der Waals surface area (Å²) in [5, 5.41) is 2.02. The fourth-order valence-corrected chi connectivity index (χ4v) is 5.06. The Morgan fingerprint density at radius 2 is 1.53 bits per heavy atom. The maximum atomic E-state index is 13.5. The van der Waals surface area contributed by atoms with E-state index in [0.29, 0.717) is 25.2 Å². The molecule has 2 aromatic carbocycles. The van der Waals surface area contributed by atoms with Gasteiger partial charge in [-0.25, -0.2) is 4.39 Å². The van der Waals surface area contributed by atoms with Gasteiger partial charge < -0.3 is 9.80 Å². The summed E-state index contributed by atoms with van der Waals surface area (Å²) >= 11 is 1.61. The molecule has 0 N–H and O–H groups in total. The number of hydrogen-bond acceptors (Lipinski definition) is 3. The van der Waals surface area contributed by atoms with Crippen LogP contribution >= 0.6 is 11.3 Å². The molecular weight excluding hydrogens is 471 g/mol. The van der Waals surface area contributed by atoms with Crippen LogP contribution in [0.5, 0.6) is 0 Å². The number of aryl methyl sites for hydroxylation is 2. The van der Waals surface area contributed by atoms with Crippen LogP contribution in [0.15, 0.2) is 60.0 Å². The summed E-state index contributed by atoms with van der Waals surface area (Å²) in [6, 6.07) is 16.1. The lowest BCUT2D eigenvalue weighted by Gasteiger charge is -2.28. The fraction of sp³-hybridized carbons (Fsp3) is 0.400. The summed E-state index contributed by atoms with van der Waals surface area (Å²) in [4.78, 5) is 31.4. The zero-order valence-electron chi connectivity index (χ0n) is 21.6. The Labute approximate surface area is 218 Å². The van der Waals surface area contributed by atoms with Gasteiger partial charge in [-0.1, -0.05) is 51.0 Å². The third-order valence-electron chi connectivity index (χ3n) is 6.32. The van der Waals surface area contributed by atoms with Gasteiger partial charge in [0.1, 0.15) is 12.4 Å². The highest BCUT2D eigenvalue weighted by molar-refractivity contribution is 7.10. The molecule has 0 unspecified atom stereocenters. The van der Waals surface area contributed by atoms with Crippen LogP contribution in [0.25, 0.3) is 0 Å². The van der Waals surface area contributed by atoms with E-state index in [-0.39, 0.29) is 24.2 Å². The molecule has 0 radical (unpaired) electrons. The van der Waals surface area contributed by atoms with E-state index in [4.69, 9.17) is 0 Å². The molecule has 4 nitrogen and oxygen atoms in total. The first-order chi connectivity index (χ1) is 17.4. The molecule has 0 spiro atoms. The predicted octanol–water partition coefficient (Wildman–Crippen LogP) is 7.01. The highest BCUT2D eigenvalue weighted by atomic mass is 32.1. The van der Waals surface area contributed by atoms with Gasteiger partial charge in [-0.2, -0.15) is 0 Å². The van der Waals surface area contributed by atoms with Crippen LogP contribution in [0.2, 0.25) is 0 Å². The second kappa shape index (κ2) is 13.9. The molecule has 2 amide bonds. The number of carbonyl (C=O) groups is 2. The molecule has 192 valence electrons. The third kappa shape index (κ3) is 8.02. The molecule has 0 fully saturated rings. The van der Waals surface area contributed by atoms with Crippen molar-refractivity contribution in [1.29, 1.82) is 0 Å². The smallest absolute Gasteiger partial charge is 0.254 e. The molecule has 0 aliphatic rings. The van der Waals surface area contributed by atoms with E-state index in [1.807, 2.05) is 49.6 Å². The van der Waals surface area contributed by atoms with Crippen LogP contribution in [0, 0.1) is 12.7 Å². The van der Waals surface area contributed by atoms with Crippen molar-refractivity contribution in [2.45, 2.75) is 66.0 Å². The number of thiophene rings is 1. The number of amides is 2. The van der Waals surface area contributed by atoms with E-state index in [1.54, 1.807) is 33.3 Å². The van der Waals surface area contributed by atoms with Crippen LogP contribution in [-0.2, 0) is 24.3 Å². The van der Waals surface area contributed by atoms with Crippen molar-refractivity contribution in [1.82, 2.24) is 9.80 Å². The summed E-state index contributed by atoms with van der Waals surface area (Å²) in [6.45, 7) is 7.56. The van der Waals surface area contributed by atoms with Gasteiger partial charge in [-0.05, 0) is 78.6 Å². The van der Waals surface area contributed by atoms with Crippen molar-refractivity contribution in [3.8, 4) is 0 Å². The Bertz CT molecular complexity index is 1110. The lowest BCUT2D eigenvalue weighted by atomic mass is 10.0. The van der Waals surface area contributed by atoms with Crippen molar-refractivity contribution in [3.63, 3.8) is 0 Å². The van der Waals surface area contributed by atoms with Crippen molar-refractivity contribution < 1.29 is 14.0 Å². The monoisotopic (exact) mass is 508 g/mol. The molecule has 0 atom stereocenters. The number of halogens is 1. The minimum Gasteiger partial charge on any atom is -0.332 e. The van der Waals surface area contributed by atoms with Crippen LogP contribution in [0.3, 0.4) is 0 Å². The van der Waals surface area contributed by atoms with Gasteiger partial charge in [-0.3, -0.25) is 9.59 Å². The lowest BCUT2D eigenvalue weighted by Crippen LogP contribution is -2.42. The molecule has 1 heterocycles. The van der Waals surface area contributed by atoms with Crippen molar-refractivity contribution in [3.05, 3.63) is 92.9 Å². The van der Waals surface area contributed by atoms with Gasteiger partial charge in [0.15, 0.2) is 0 Å². The number of benzene rings is 2. The van der Waals surface area contributed by atoms with Crippen molar-refractivity contribution in [2.24, 2.45) is 0 Å². The van der Waals surface area contributed by atoms with Crippen LogP contribution in [0.1, 0.15) is 71.5 Å². The van der Waals surface area contributed by atoms with E-state index in [9.17, 15) is 14.0 Å². The quantitative estimate of drug-likeness (QED) is 0.233. The molecule has 36 heavy (non-hydrogen) atoms. The lowest BCUT2D eigenvalue weighted by molar-refractivity contribution is -0.133. The summed E-state index contributed by atoms with van der Waals surface area (Å²) in [7, 11) is 0. The number of rotatable bonds is 13. The van der Waals surface area contributed by atoms with Crippen LogP contribution in [0.4, 0.5) is 4.39 Å². The maximum absolute atomic E-state index is 13.5. The molecule has 1 aromatic heterocycles. The molecule has 0 aliphatic heterocycles. The van der Waals surface area contributed by atoms with Crippen molar-refractivity contribution in [2.75, 3.05) is 13.1 Å². The van der Waals surface area contributed by atoms with Gasteiger partial charge in [-0.15, -0.1) is 11.3 Å². The SMILES string of the molecule is CCCCCc1ccc(C(=O)N(CCC)CC(=O)N(Cc2ccc(F)cc2)Cc2sccc2C)cc1. The van der Waals surface area contributed by atoms with Crippen LogP contribution in [-0.4, -0.2) is 34.7 Å². The van der Waals surface area contributed by atoms with Gasteiger partial charge in [0, 0.05) is 23.5 Å². The minimum absolute atomic E-state index is 0.0105. The van der Waals surface area contributed by atoms with E-state index in [1.165, 1.54) is 30.5 Å². The number of nitrogens with zero attached hydrogens (tertiary/aromatic N) is 2. The van der Waals surface area contributed by atoms with Gasteiger partial charge >= 0.3 is 0 Å². The highest BCUT2D eigenvalue weighted by Crippen LogP contribution is 2.20. The first-order valence-electron chi connectivity index (χ1n) is 12.8. The number of unbranched alkanes of at least 4 members (excludes halogenated alkanes) is 2. The Morgan fingerprint density at radius 3 is 2.14 bits per heavy atom. The minimum atomic E-state index is -0.304. The highest BCUT2D eigenvalue weighted by Gasteiger charge is 2.23. The summed E-state index contributed by atoms with van der Waals surface area (Å²) < 4.78 is 13.4. The predicted molar refractivity (Wildman–Crippen MR) is 146 cm³/mol. The maximum Gasteiger partial charge on any atom is 0.254 e. The van der Waals surface area contributed by atoms with E-state index < -0.39 is 0 Å². The Morgan fingerprint density at radius 1 is 0.833 bits per heavy atom. The van der Waals surface area contributed by atoms with Crippen LogP contribution < -0.4 is 0 Å². The molecule has 0 bridgehead atoms. The zero-order valence-corrected chi connectivity index (χ0v) is 22.5. The standard InChI is InChI=1S/C30H37FN2O2S/c1-4-6-7-8-24-9-13-26(14-10-24)30(35)32(18-5-2)22-29(34)33(21-28-23(3)17-19-36-28)20-25-11-15-27(31)16-12-25/h9-17,19H,4-8,18,20-22H2,1-3H3. The van der Waals surface area contributed by atoms with E-state index >= 15 is 0 Å². The average Bonchev–Trinajstić information content (AvgIpc) is 3.29. The summed E-state index contributed by atoms with van der Waals surface area (Å²) in [5.74, 6) is -0.550. The first kappa shape index (κ1) is 27.6. The molecule has 6 heteroatoms. The normalized spacial score (nSPS) is 10.9. The molecule has 0 saturated carbocycles. The molecule has 0 saturated heterocycles. The first-order valence-corrected chi connectivity index (χ1v) is 13.7. The average molecular weight is 509 g/mol. The largest absolute Gasteiger partial charge is 0.332 e. The number of carbonyl (C=O) groups excluding carboxylic acids is 2. The second-order valence-corrected chi connectivity index (χ2v) is 10.3. The Balaban J connectivity index is 1.74. The van der Waals surface area contributed by atoms with Gasteiger partial charge in [0.05, 0.1) is 6.54 Å². The summed E-state index contributed by atoms with van der Waals surface area (Å²) in [6.07, 6.45) is 5.30. The van der Waals surface area contributed by atoms with Gasteiger partial charge in [0.25, 0.3) is 5.91 Å². The topological polar surface area (TPSA) is 40.6 Å². The van der Waals surface area contributed by atoms with Gasteiger partial charge in [0.2, 0.25) is 5.91 Å². The molecule has 3 rings (SSSR count). The second-order valence-electron chi connectivity index (χ2n) is 9.28. The zero-order chi connectivity index (χ0) is 25.9. The summed E-state index contributed by atoms with van der Waals surface area (Å²) in [5.41, 5.74) is 3.83. The third-order valence-corrected chi connectivity index (χ3v) is 7.33. The van der Waals surface area contributed by atoms with Crippen molar-refractivity contribution >= 4 is 23.2 Å². The fourth-order valence-electron chi connectivity index (χ4n) is 4.14. The molecule has 0 aliphatic carbocycles. The number of hydrogen-bond donors (Lipinski definition) is 0. The van der Waals surface area contributed by atoms with E-state index in [0.717, 1.165) is 35.3 Å². The molecule has 3 aromatic rings. The molecular formula is C30H37FN2O2S.